The van der Waals surface area contributed by atoms with Gasteiger partial charge in [0.1, 0.15) is 0 Å². The molecule has 0 radical (unpaired) electrons. The topological polar surface area (TPSA) is 46.3 Å². The van der Waals surface area contributed by atoms with E-state index in [-0.39, 0.29) is 0 Å². The highest BCUT2D eigenvalue weighted by atomic mass is 16.2. The van der Waals surface area contributed by atoms with Crippen molar-refractivity contribution < 1.29 is 4.79 Å². The van der Waals surface area contributed by atoms with E-state index in [0.717, 1.165) is 0 Å². The fourth-order valence-electron chi connectivity index (χ4n) is 3.13. The maximum Gasteiger partial charge on any atom is 0.223 e. The molecule has 1 aliphatic heterocycles. The first-order valence-electron chi connectivity index (χ1n) is 6.25. The quantitative estimate of drug-likeness (QED) is 0.751. The smallest absolute Gasteiger partial charge is 0.223 e. The molecule has 2 atom stereocenters. The van der Waals surface area contributed by atoms with Crippen LogP contribution in [0.1, 0.15) is 45.4 Å². The summed E-state index contributed by atoms with van der Waals surface area (Å²) in [4.78, 5) is 14.1. The Morgan fingerprint density at radius 3 is 2.53 bits per heavy atom. The SMILES string of the molecule is CC1C(CN)CC(=O)N1C1CCCCC1. The van der Waals surface area contributed by atoms with Gasteiger partial charge in [-0.15, -0.1) is 0 Å². The van der Waals surface area contributed by atoms with Crippen LogP contribution in [0.25, 0.3) is 0 Å². The third-order valence-corrected chi connectivity index (χ3v) is 4.12. The molecular formula is C12H22N2O. The monoisotopic (exact) mass is 210 g/mol. The van der Waals surface area contributed by atoms with Gasteiger partial charge in [0.25, 0.3) is 0 Å². The van der Waals surface area contributed by atoms with Crippen molar-refractivity contribution in [3.8, 4) is 0 Å². The van der Waals surface area contributed by atoms with Gasteiger partial charge in [-0.3, -0.25) is 4.79 Å². The predicted molar refractivity (Wildman–Crippen MR) is 60.3 cm³/mol. The Balaban J connectivity index is 2.03. The lowest BCUT2D eigenvalue weighted by atomic mass is 9.93. The molecule has 2 N–H and O–H groups in total. The fraction of sp³-hybridized carbons (Fsp3) is 0.917. The second-order valence-corrected chi connectivity index (χ2v) is 5.03. The third-order valence-electron chi connectivity index (χ3n) is 4.12. The number of amides is 1. The van der Waals surface area contributed by atoms with Crippen molar-refractivity contribution in [3.63, 3.8) is 0 Å². The highest BCUT2D eigenvalue weighted by Gasteiger charge is 2.39. The Morgan fingerprint density at radius 2 is 2.00 bits per heavy atom. The van der Waals surface area contributed by atoms with Gasteiger partial charge in [0, 0.05) is 24.4 Å². The average molecular weight is 210 g/mol. The van der Waals surface area contributed by atoms with E-state index in [4.69, 9.17) is 5.73 Å². The van der Waals surface area contributed by atoms with Crippen LogP contribution in [-0.4, -0.2) is 29.4 Å². The highest BCUT2D eigenvalue weighted by molar-refractivity contribution is 5.79. The minimum Gasteiger partial charge on any atom is -0.337 e. The van der Waals surface area contributed by atoms with Gasteiger partial charge < -0.3 is 10.6 Å². The molecule has 3 heteroatoms. The lowest BCUT2D eigenvalue weighted by molar-refractivity contribution is -0.131. The molecule has 1 saturated carbocycles. The summed E-state index contributed by atoms with van der Waals surface area (Å²) in [5.41, 5.74) is 5.70. The molecule has 2 aliphatic rings. The molecule has 0 aromatic heterocycles. The fourth-order valence-corrected chi connectivity index (χ4v) is 3.13. The molecule has 1 aliphatic carbocycles. The second kappa shape index (κ2) is 4.52. The molecule has 0 aromatic carbocycles. The maximum absolute atomic E-state index is 11.9. The lowest BCUT2D eigenvalue weighted by Gasteiger charge is -2.35. The van der Waals surface area contributed by atoms with Crippen LogP contribution in [0, 0.1) is 5.92 Å². The van der Waals surface area contributed by atoms with Crippen LogP contribution in [0.4, 0.5) is 0 Å². The van der Waals surface area contributed by atoms with Gasteiger partial charge in [-0.1, -0.05) is 19.3 Å². The van der Waals surface area contributed by atoms with Gasteiger partial charge in [0.05, 0.1) is 0 Å². The molecule has 0 bridgehead atoms. The number of carbonyl (C=O) groups is 1. The van der Waals surface area contributed by atoms with Crippen molar-refractivity contribution in [2.24, 2.45) is 11.7 Å². The van der Waals surface area contributed by atoms with Crippen LogP contribution in [-0.2, 0) is 4.79 Å². The summed E-state index contributed by atoms with van der Waals surface area (Å²) in [7, 11) is 0. The number of likely N-dealkylation sites (tertiary alicyclic amines) is 1. The van der Waals surface area contributed by atoms with Crippen LogP contribution >= 0.6 is 0 Å². The summed E-state index contributed by atoms with van der Waals surface area (Å²) in [6.07, 6.45) is 6.99. The summed E-state index contributed by atoms with van der Waals surface area (Å²) in [6, 6.07) is 0.878. The molecule has 1 amide bonds. The van der Waals surface area contributed by atoms with E-state index < -0.39 is 0 Å². The van der Waals surface area contributed by atoms with E-state index in [0.29, 0.717) is 36.9 Å². The molecule has 0 spiro atoms. The Kier molecular flexibility index (Phi) is 3.29. The van der Waals surface area contributed by atoms with Gasteiger partial charge in [-0.05, 0) is 26.3 Å². The lowest BCUT2D eigenvalue weighted by Crippen LogP contribution is -2.43. The van der Waals surface area contributed by atoms with Crippen molar-refractivity contribution in [1.29, 1.82) is 0 Å². The zero-order chi connectivity index (χ0) is 10.8. The standard InChI is InChI=1S/C12H22N2O/c1-9-10(8-13)7-12(15)14(9)11-5-3-2-4-6-11/h9-11H,2-8,13H2,1H3. The second-order valence-electron chi connectivity index (χ2n) is 5.03. The van der Waals surface area contributed by atoms with Gasteiger partial charge in [-0.2, -0.15) is 0 Å². The van der Waals surface area contributed by atoms with Gasteiger partial charge in [-0.25, -0.2) is 0 Å². The number of hydrogen-bond donors (Lipinski definition) is 1. The summed E-state index contributed by atoms with van der Waals surface area (Å²) in [5, 5.41) is 0. The van der Waals surface area contributed by atoms with E-state index in [2.05, 4.69) is 11.8 Å². The van der Waals surface area contributed by atoms with Gasteiger partial charge in [0.2, 0.25) is 5.91 Å². The first-order chi connectivity index (χ1) is 7.24. The number of carbonyl (C=O) groups excluding carboxylic acids is 1. The van der Waals surface area contributed by atoms with Crippen molar-refractivity contribution in [1.82, 2.24) is 4.90 Å². The average Bonchev–Trinajstić information content (AvgIpc) is 2.55. The van der Waals surface area contributed by atoms with Crippen molar-refractivity contribution >= 4 is 5.91 Å². The zero-order valence-corrected chi connectivity index (χ0v) is 9.61. The van der Waals surface area contributed by atoms with Crippen LogP contribution in [0.3, 0.4) is 0 Å². The number of nitrogens with two attached hydrogens (primary N) is 1. The Labute approximate surface area is 92.0 Å². The number of nitrogens with zero attached hydrogens (tertiary/aromatic N) is 1. The van der Waals surface area contributed by atoms with E-state index >= 15 is 0 Å². The Bertz CT molecular complexity index is 236. The predicted octanol–water partition coefficient (Wildman–Crippen LogP) is 1.51. The van der Waals surface area contributed by atoms with Crippen molar-refractivity contribution in [3.05, 3.63) is 0 Å². The van der Waals surface area contributed by atoms with E-state index in [9.17, 15) is 4.79 Å². The normalized spacial score (nSPS) is 33.7. The van der Waals surface area contributed by atoms with Crippen LogP contribution in [0.15, 0.2) is 0 Å². The van der Waals surface area contributed by atoms with Gasteiger partial charge in [0.15, 0.2) is 0 Å². The molecule has 3 nitrogen and oxygen atoms in total. The van der Waals surface area contributed by atoms with Crippen LogP contribution in [0.2, 0.25) is 0 Å². The summed E-state index contributed by atoms with van der Waals surface area (Å²) >= 11 is 0. The molecule has 2 fully saturated rings. The largest absolute Gasteiger partial charge is 0.337 e. The van der Waals surface area contributed by atoms with E-state index in [1.807, 2.05) is 0 Å². The maximum atomic E-state index is 11.9. The molecule has 15 heavy (non-hydrogen) atoms. The van der Waals surface area contributed by atoms with Crippen molar-refractivity contribution in [2.75, 3.05) is 6.54 Å². The minimum absolute atomic E-state index is 0.338. The molecular weight excluding hydrogens is 188 g/mol. The minimum atomic E-state index is 0.338. The summed E-state index contributed by atoms with van der Waals surface area (Å²) in [5.74, 6) is 0.726. The van der Waals surface area contributed by atoms with Crippen LogP contribution < -0.4 is 5.73 Å². The molecule has 1 saturated heterocycles. The van der Waals surface area contributed by atoms with E-state index in [1.165, 1.54) is 32.1 Å². The molecule has 86 valence electrons. The van der Waals surface area contributed by atoms with Crippen LogP contribution in [0.5, 0.6) is 0 Å². The zero-order valence-electron chi connectivity index (χ0n) is 9.61. The number of hydrogen-bond acceptors (Lipinski definition) is 2. The first-order valence-corrected chi connectivity index (χ1v) is 6.25. The Hall–Kier alpha value is -0.570. The summed E-state index contributed by atoms with van der Waals surface area (Å²) in [6.45, 7) is 2.81. The molecule has 2 rings (SSSR count). The highest BCUT2D eigenvalue weighted by Crippen LogP contribution is 2.32. The third kappa shape index (κ3) is 2.03. The molecule has 0 aromatic rings. The molecule has 2 unspecified atom stereocenters. The number of rotatable bonds is 2. The van der Waals surface area contributed by atoms with Gasteiger partial charge >= 0.3 is 0 Å². The van der Waals surface area contributed by atoms with E-state index in [1.54, 1.807) is 0 Å². The first kappa shape index (κ1) is 10.9. The Morgan fingerprint density at radius 1 is 1.33 bits per heavy atom. The summed E-state index contributed by atoms with van der Waals surface area (Å²) < 4.78 is 0. The van der Waals surface area contributed by atoms with Crippen molar-refractivity contribution in [2.45, 2.75) is 57.5 Å². The molecule has 1 heterocycles.